The monoisotopic (exact) mass is 274 g/mol. The zero-order chi connectivity index (χ0) is 12.8. The molecule has 0 N–H and O–H groups in total. The van der Waals surface area contributed by atoms with E-state index in [0.29, 0.717) is 19.3 Å². The van der Waals surface area contributed by atoms with Crippen molar-refractivity contribution in [1.29, 1.82) is 0 Å². The normalized spacial score (nSPS) is 14.9. The molecule has 0 amide bonds. The first-order valence-electron chi connectivity index (χ1n) is 4.83. The van der Waals surface area contributed by atoms with Crippen LogP contribution in [-0.4, -0.2) is 42.1 Å². The highest BCUT2D eigenvalue weighted by Gasteiger charge is 2.09. The summed E-state index contributed by atoms with van der Waals surface area (Å²) in [5, 5.41) is 0. The Labute approximate surface area is 97.2 Å². The molecule has 0 radical (unpaired) electrons. The molecule has 0 aromatic heterocycles. The van der Waals surface area contributed by atoms with Crippen LogP contribution in [0.2, 0.25) is 0 Å². The van der Waals surface area contributed by atoms with E-state index >= 15 is 0 Å². The van der Waals surface area contributed by atoms with Crippen molar-refractivity contribution in [2.24, 2.45) is 0 Å². The molecular weight excluding hydrogens is 256 g/mol. The molecule has 16 heavy (non-hydrogen) atoms. The van der Waals surface area contributed by atoms with Gasteiger partial charge in [0, 0.05) is 0 Å². The smallest absolute Gasteiger partial charge is 0.264 e. The van der Waals surface area contributed by atoms with Crippen LogP contribution in [0.15, 0.2) is 0 Å². The number of rotatable bonds is 8. The first kappa shape index (κ1) is 15.8. The zero-order valence-electron chi connectivity index (χ0n) is 9.67. The lowest BCUT2D eigenvalue weighted by Crippen LogP contribution is -2.14. The van der Waals surface area contributed by atoms with Gasteiger partial charge in [-0.15, -0.1) is 0 Å². The fourth-order valence-electron chi connectivity index (χ4n) is 1.09. The highest BCUT2D eigenvalue weighted by atomic mass is 32.2. The zero-order valence-corrected chi connectivity index (χ0v) is 11.3. The summed E-state index contributed by atoms with van der Waals surface area (Å²) < 4.78 is 51.9. The molecule has 0 spiro atoms. The van der Waals surface area contributed by atoms with Gasteiger partial charge in [0.1, 0.15) is 0 Å². The molecule has 0 saturated carbocycles. The van der Waals surface area contributed by atoms with Gasteiger partial charge in [-0.25, -0.2) is 0 Å². The standard InChI is InChI=1S/C8H18O6S2/c1-8(14-16(3,11)12)6-4-5-7-13-15(2,9)10/h8H,4-7H2,1-3H3. The van der Waals surface area contributed by atoms with Gasteiger partial charge in [-0.1, -0.05) is 0 Å². The Morgan fingerprint density at radius 1 is 1.00 bits per heavy atom. The number of unbranched alkanes of at least 4 members (excludes halogenated alkanes) is 1. The van der Waals surface area contributed by atoms with Gasteiger partial charge in [-0.3, -0.25) is 8.37 Å². The molecule has 0 aliphatic heterocycles. The molecule has 0 aliphatic rings. The van der Waals surface area contributed by atoms with Crippen molar-refractivity contribution in [2.75, 3.05) is 19.1 Å². The fraction of sp³-hybridized carbons (Fsp3) is 1.00. The summed E-state index contributed by atoms with van der Waals surface area (Å²) in [7, 11) is -6.80. The SMILES string of the molecule is CC(CCCCOS(C)(=O)=O)OS(C)(=O)=O. The molecule has 0 heterocycles. The first-order chi connectivity index (χ1) is 7.10. The third kappa shape index (κ3) is 11.9. The van der Waals surface area contributed by atoms with Crippen molar-refractivity contribution in [3.63, 3.8) is 0 Å². The van der Waals surface area contributed by atoms with Crippen molar-refractivity contribution in [3.05, 3.63) is 0 Å². The predicted octanol–water partition coefficient (Wildman–Crippen LogP) is 0.498. The third-order valence-electron chi connectivity index (χ3n) is 1.64. The van der Waals surface area contributed by atoms with E-state index in [0.717, 1.165) is 12.5 Å². The minimum absolute atomic E-state index is 0.116. The van der Waals surface area contributed by atoms with Gasteiger partial charge in [0.05, 0.1) is 25.2 Å². The van der Waals surface area contributed by atoms with E-state index < -0.39 is 26.3 Å². The van der Waals surface area contributed by atoms with Crippen LogP contribution < -0.4 is 0 Å². The van der Waals surface area contributed by atoms with E-state index in [4.69, 9.17) is 4.18 Å². The Hall–Kier alpha value is -0.180. The molecule has 0 rings (SSSR count). The van der Waals surface area contributed by atoms with Gasteiger partial charge in [-0.05, 0) is 26.2 Å². The summed E-state index contributed by atoms with van der Waals surface area (Å²) in [6, 6.07) is 0. The highest BCUT2D eigenvalue weighted by molar-refractivity contribution is 7.86. The Morgan fingerprint density at radius 2 is 1.56 bits per heavy atom. The van der Waals surface area contributed by atoms with Crippen molar-refractivity contribution in [1.82, 2.24) is 0 Å². The molecular formula is C8H18O6S2. The fourth-order valence-corrected chi connectivity index (χ4v) is 2.20. The van der Waals surface area contributed by atoms with Gasteiger partial charge in [0.2, 0.25) is 0 Å². The molecule has 0 aliphatic carbocycles. The molecule has 1 atom stereocenters. The van der Waals surface area contributed by atoms with Crippen LogP contribution in [0.3, 0.4) is 0 Å². The summed E-state index contributed by atoms with van der Waals surface area (Å²) in [6.07, 6.45) is 3.32. The molecule has 0 aromatic rings. The quantitative estimate of drug-likeness (QED) is 0.473. The Balaban J connectivity index is 3.60. The predicted molar refractivity (Wildman–Crippen MR) is 60.0 cm³/mol. The Bertz CT molecular complexity index is 383. The van der Waals surface area contributed by atoms with Gasteiger partial charge in [0.25, 0.3) is 20.2 Å². The summed E-state index contributed by atoms with van der Waals surface area (Å²) in [4.78, 5) is 0. The van der Waals surface area contributed by atoms with Crippen molar-refractivity contribution in [3.8, 4) is 0 Å². The van der Waals surface area contributed by atoms with Gasteiger partial charge in [-0.2, -0.15) is 16.8 Å². The summed E-state index contributed by atoms with van der Waals surface area (Å²) in [5.74, 6) is 0. The lowest BCUT2D eigenvalue weighted by atomic mass is 10.2. The molecule has 0 aromatic carbocycles. The Morgan fingerprint density at radius 3 is 2.00 bits per heavy atom. The van der Waals surface area contributed by atoms with Gasteiger partial charge < -0.3 is 0 Å². The molecule has 0 fully saturated rings. The Kier molecular flexibility index (Phi) is 6.46. The van der Waals surface area contributed by atoms with Crippen LogP contribution in [-0.2, 0) is 28.6 Å². The van der Waals surface area contributed by atoms with Crippen molar-refractivity contribution in [2.45, 2.75) is 32.3 Å². The van der Waals surface area contributed by atoms with E-state index in [1.807, 2.05) is 0 Å². The lowest BCUT2D eigenvalue weighted by molar-refractivity contribution is 0.211. The third-order valence-corrected chi connectivity index (χ3v) is 2.91. The highest BCUT2D eigenvalue weighted by Crippen LogP contribution is 2.07. The van der Waals surface area contributed by atoms with Crippen molar-refractivity contribution < 1.29 is 25.2 Å². The van der Waals surface area contributed by atoms with E-state index in [9.17, 15) is 16.8 Å². The second-order valence-electron chi connectivity index (χ2n) is 3.63. The van der Waals surface area contributed by atoms with E-state index in [2.05, 4.69) is 4.18 Å². The maximum atomic E-state index is 10.7. The van der Waals surface area contributed by atoms with Crippen LogP contribution >= 0.6 is 0 Å². The molecule has 98 valence electrons. The van der Waals surface area contributed by atoms with Gasteiger partial charge in [0.15, 0.2) is 0 Å². The van der Waals surface area contributed by atoms with Crippen molar-refractivity contribution >= 4 is 20.2 Å². The maximum Gasteiger partial charge on any atom is 0.264 e. The van der Waals surface area contributed by atoms with Crippen LogP contribution in [0.4, 0.5) is 0 Å². The minimum Gasteiger partial charge on any atom is -0.270 e. The second kappa shape index (κ2) is 6.53. The average Bonchev–Trinajstić information content (AvgIpc) is 1.97. The summed E-state index contributed by atoms with van der Waals surface area (Å²) in [5.41, 5.74) is 0. The first-order valence-corrected chi connectivity index (χ1v) is 8.46. The number of hydrogen-bond donors (Lipinski definition) is 0. The molecule has 8 heteroatoms. The maximum absolute atomic E-state index is 10.7. The molecule has 0 bridgehead atoms. The van der Waals surface area contributed by atoms with Crippen LogP contribution in [0, 0.1) is 0 Å². The van der Waals surface area contributed by atoms with Crippen LogP contribution in [0.1, 0.15) is 26.2 Å². The van der Waals surface area contributed by atoms with Crippen LogP contribution in [0.25, 0.3) is 0 Å². The minimum atomic E-state index is -3.42. The topological polar surface area (TPSA) is 86.7 Å². The van der Waals surface area contributed by atoms with Crippen LogP contribution in [0.5, 0.6) is 0 Å². The molecule has 6 nitrogen and oxygen atoms in total. The lowest BCUT2D eigenvalue weighted by Gasteiger charge is -2.10. The largest absolute Gasteiger partial charge is 0.270 e. The van der Waals surface area contributed by atoms with E-state index in [1.165, 1.54) is 0 Å². The molecule has 1 unspecified atom stereocenters. The second-order valence-corrected chi connectivity index (χ2v) is 6.88. The van der Waals surface area contributed by atoms with Gasteiger partial charge >= 0.3 is 0 Å². The summed E-state index contributed by atoms with van der Waals surface area (Å²) in [6.45, 7) is 1.77. The van der Waals surface area contributed by atoms with E-state index in [-0.39, 0.29) is 6.61 Å². The van der Waals surface area contributed by atoms with E-state index in [1.54, 1.807) is 6.92 Å². The average molecular weight is 274 g/mol. The number of hydrogen-bond acceptors (Lipinski definition) is 6. The summed E-state index contributed by atoms with van der Waals surface area (Å²) >= 11 is 0. The molecule has 0 saturated heterocycles.